The van der Waals surface area contributed by atoms with Crippen LogP contribution >= 0.6 is 0 Å². The van der Waals surface area contributed by atoms with Crippen LogP contribution in [-0.4, -0.2) is 34.3 Å². The van der Waals surface area contributed by atoms with Gasteiger partial charge in [0.1, 0.15) is 5.41 Å². The maximum Gasteiger partial charge on any atom is 0.315 e. The van der Waals surface area contributed by atoms with E-state index in [2.05, 4.69) is 9.97 Å². The standard InChI is InChI=1S/C11H14N2O3/c1-8-6-13-9(7-12-8)11(10(14)15)2-4-16-5-3-11/h6-7H,2-5H2,1H3,(H,14,15). The molecule has 1 aliphatic heterocycles. The monoisotopic (exact) mass is 222 g/mol. The molecule has 2 rings (SSSR count). The van der Waals surface area contributed by atoms with Crippen molar-refractivity contribution in [1.82, 2.24) is 9.97 Å². The van der Waals surface area contributed by atoms with Gasteiger partial charge in [0.25, 0.3) is 0 Å². The second-order valence-corrected chi connectivity index (χ2v) is 4.04. The van der Waals surface area contributed by atoms with Gasteiger partial charge in [-0.1, -0.05) is 0 Å². The first kappa shape index (κ1) is 11.0. The molecule has 86 valence electrons. The Morgan fingerprint density at radius 1 is 1.38 bits per heavy atom. The predicted molar refractivity (Wildman–Crippen MR) is 56.1 cm³/mol. The number of hydrogen-bond donors (Lipinski definition) is 1. The Morgan fingerprint density at radius 3 is 2.56 bits per heavy atom. The number of hydrogen-bond acceptors (Lipinski definition) is 4. The SMILES string of the molecule is Cc1cnc(C2(C(=O)O)CCOCC2)cn1. The molecule has 0 amide bonds. The number of nitrogens with zero attached hydrogens (tertiary/aromatic N) is 2. The van der Waals surface area contributed by atoms with Crippen LogP contribution in [0.5, 0.6) is 0 Å². The highest BCUT2D eigenvalue weighted by Gasteiger charge is 2.43. The summed E-state index contributed by atoms with van der Waals surface area (Å²) in [4.78, 5) is 19.7. The molecule has 1 fully saturated rings. The van der Waals surface area contributed by atoms with Crippen LogP contribution < -0.4 is 0 Å². The molecule has 0 bridgehead atoms. The number of aliphatic carboxylic acids is 1. The highest BCUT2D eigenvalue weighted by Crippen LogP contribution is 2.33. The highest BCUT2D eigenvalue weighted by molar-refractivity contribution is 5.80. The lowest BCUT2D eigenvalue weighted by atomic mass is 9.77. The van der Waals surface area contributed by atoms with Crippen molar-refractivity contribution in [2.45, 2.75) is 25.2 Å². The van der Waals surface area contributed by atoms with Crippen molar-refractivity contribution in [2.24, 2.45) is 0 Å². The topological polar surface area (TPSA) is 72.3 Å². The minimum atomic E-state index is -0.918. The fourth-order valence-corrected chi connectivity index (χ4v) is 1.94. The Hall–Kier alpha value is -1.49. The molecule has 0 radical (unpaired) electrons. The van der Waals surface area contributed by atoms with Gasteiger partial charge in [-0.2, -0.15) is 0 Å². The van der Waals surface area contributed by atoms with Gasteiger partial charge in [-0.25, -0.2) is 0 Å². The lowest BCUT2D eigenvalue weighted by molar-refractivity contribution is -0.148. The minimum Gasteiger partial charge on any atom is -0.481 e. The highest BCUT2D eigenvalue weighted by atomic mass is 16.5. The lowest BCUT2D eigenvalue weighted by Crippen LogP contribution is -2.42. The summed E-state index contributed by atoms with van der Waals surface area (Å²) in [6.07, 6.45) is 4.09. The zero-order valence-corrected chi connectivity index (χ0v) is 9.14. The quantitative estimate of drug-likeness (QED) is 0.805. The summed E-state index contributed by atoms with van der Waals surface area (Å²) >= 11 is 0. The minimum absolute atomic E-state index is 0.458. The van der Waals surface area contributed by atoms with Crippen molar-refractivity contribution in [1.29, 1.82) is 0 Å². The maximum atomic E-state index is 11.4. The summed E-state index contributed by atoms with van der Waals surface area (Å²) < 4.78 is 5.21. The van der Waals surface area contributed by atoms with E-state index in [4.69, 9.17) is 4.74 Å². The van der Waals surface area contributed by atoms with Gasteiger partial charge in [-0.15, -0.1) is 0 Å². The molecular weight excluding hydrogens is 208 g/mol. The van der Waals surface area contributed by atoms with Crippen molar-refractivity contribution in [2.75, 3.05) is 13.2 Å². The Bertz CT molecular complexity index is 383. The van der Waals surface area contributed by atoms with Gasteiger partial charge in [0, 0.05) is 25.6 Å². The van der Waals surface area contributed by atoms with E-state index in [1.165, 1.54) is 0 Å². The normalized spacial score (nSPS) is 19.3. The number of carboxylic acid groups (broad SMARTS) is 1. The molecule has 16 heavy (non-hydrogen) atoms. The van der Waals surface area contributed by atoms with E-state index in [1.54, 1.807) is 12.4 Å². The smallest absolute Gasteiger partial charge is 0.315 e. The molecule has 1 aromatic rings. The van der Waals surface area contributed by atoms with Crippen LogP contribution in [0, 0.1) is 6.92 Å². The molecule has 1 aromatic heterocycles. The Labute approximate surface area is 93.5 Å². The van der Waals surface area contributed by atoms with Crippen LogP contribution in [-0.2, 0) is 14.9 Å². The van der Waals surface area contributed by atoms with Crippen LogP contribution in [0.4, 0.5) is 0 Å². The molecule has 0 aliphatic carbocycles. The molecule has 2 heterocycles. The molecule has 0 aromatic carbocycles. The third-order valence-electron chi connectivity index (χ3n) is 3.03. The average Bonchev–Trinajstić information content (AvgIpc) is 2.30. The van der Waals surface area contributed by atoms with Crippen LogP contribution in [0.3, 0.4) is 0 Å². The molecule has 0 atom stereocenters. The maximum absolute atomic E-state index is 11.4. The van der Waals surface area contributed by atoms with E-state index in [0.717, 1.165) is 5.69 Å². The molecule has 0 spiro atoms. The summed E-state index contributed by atoms with van der Waals surface area (Å²) in [5, 5.41) is 9.39. The number of carboxylic acids is 1. The van der Waals surface area contributed by atoms with Crippen molar-refractivity contribution in [3.63, 3.8) is 0 Å². The third-order valence-corrected chi connectivity index (χ3v) is 3.03. The number of aryl methyl sites for hydroxylation is 1. The van der Waals surface area contributed by atoms with E-state index in [0.29, 0.717) is 31.7 Å². The first-order valence-electron chi connectivity index (χ1n) is 5.25. The van der Waals surface area contributed by atoms with Gasteiger partial charge < -0.3 is 9.84 Å². The Balaban J connectivity index is 2.38. The van der Waals surface area contributed by atoms with Crippen LogP contribution in [0.2, 0.25) is 0 Å². The molecule has 1 saturated heterocycles. The van der Waals surface area contributed by atoms with Gasteiger partial charge in [-0.05, 0) is 19.8 Å². The number of carbonyl (C=O) groups is 1. The van der Waals surface area contributed by atoms with E-state index in [1.807, 2.05) is 6.92 Å². The molecule has 0 unspecified atom stereocenters. The molecular formula is C11H14N2O3. The van der Waals surface area contributed by atoms with E-state index < -0.39 is 11.4 Å². The zero-order valence-electron chi connectivity index (χ0n) is 9.14. The van der Waals surface area contributed by atoms with Gasteiger partial charge >= 0.3 is 5.97 Å². The van der Waals surface area contributed by atoms with Gasteiger partial charge in [0.05, 0.1) is 11.4 Å². The molecule has 5 heteroatoms. The molecule has 1 aliphatic rings. The largest absolute Gasteiger partial charge is 0.481 e. The van der Waals surface area contributed by atoms with Crippen LogP contribution in [0.25, 0.3) is 0 Å². The molecule has 1 N–H and O–H groups in total. The van der Waals surface area contributed by atoms with Crippen molar-refractivity contribution in [3.05, 3.63) is 23.8 Å². The lowest BCUT2D eigenvalue weighted by Gasteiger charge is -2.32. The number of rotatable bonds is 2. The van der Waals surface area contributed by atoms with Crippen molar-refractivity contribution < 1.29 is 14.6 Å². The summed E-state index contributed by atoms with van der Waals surface area (Å²) in [7, 11) is 0. The van der Waals surface area contributed by atoms with E-state index in [9.17, 15) is 9.90 Å². The fraction of sp³-hybridized carbons (Fsp3) is 0.545. The Morgan fingerprint density at radius 2 is 2.06 bits per heavy atom. The van der Waals surface area contributed by atoms with Crippen LogP contribution in [0.1, 0.15) is 24.2 Å². The van der Waals surface area contributed by atoms with Gasteiger partial charge in [0.2, 0.25) is 0 Å². The Kier molecular flexibility index (Phi) is 2.87. The average molecular weight is 222 g/mol. The summed E-state index contributed by atoms with van der Waals surface area (Å²) in [6.45, 7) is 2.75. The summed E-state index contributed by atoms with van der Waals surface area (Å²) in [6, 6.07) is 0. The number of aromatic nitrogens is 2. The van der Waals surface area contributed by atoms with Crippen molar-refractivity contribution in [3.8, 4) is 0 Å². The van der Waals surface area contributed by atoms with Gasteiger partial charge in [-0.3, -0.25) is 14.8 Å². The van der Waals surface area contributed by atoms with Gasteiger partial charge in [0.15, 0.2) is 0 Å². The summed E-state index contributed by atoms with van der Waals surface area (Å²) in [5.74, 6) is -0.839. The summed E-state index contributed by atoms with van der Waals surface area (Å²) in [5.41, 5.74) is 0.407. The number of ether oxygens (including phenoxy) is 1. The predicted octanol–water partition coefficient (Wildman–Crippen LogP) is 0.918. The van der Waals surface area contributed by atoms with E-state index in [-0.39, 0.29) is 0 Å². The fourth-order valence-electron chi connectivity index (χ4n) is 1.94. The first-order chi connectivity index (χ1) is 7.65. The van der Waals surface area contributed by atoms with E-state index >= 15 is 0 Å². The second kappa shape index (κ2) is 4.17. The molecule has 0 saturated carbocycles. The second-order valence-electron chi connectivity index (χ2n) is 4.04. The first-order valence-corrected chi connectivity index (χ1v) is 5.25. The zero-order chi connectivity index (χ0) is 11.6. The third kappa shape index (κ3) is 1.78. The molecule has 5 nitrogen and oxygen atoms in total. The van der Waals surface area contributed by atoms with Crippen LogP contribution in [0.15, 0.2) is 12.4 Å². The van der Waals surface area contributed by atoms with Crippen molar-refractivity contribution >= 4 is 5.97 Å².